The Morgan fingerprint density at radius 2 is 2.04 bits per heavy atom. The lowest BCUT2D eigenvalue weighted by Gasteiger charge is -2.33. The van der Waals surface area contributed by atoms with Gasteiger partial charge in [-0.3, -0.25) is 0 Å². The van der Waals surface area contributed by atoms with Crippen LogP contribution in [0.15, 0.2) is 4.52 Å². The third-order valence-electron chi connectivity index (χ3n) is 3.46. The highest BCUT2D eigenvalue weighted by molar-refractivity contribution is 5.75. The summed E-state index contributed by atoms with van der Waals surface area (Å²) in [4.78, 5) is 20.9. The number of hydrogen-bond acceptors (Lipinski definition) is 8. The Morgan fingerprint density at radius 3 is 2.52 bits per heavy atom. The fourth-order valence-corrected chi connectivity index (χ4v) is 2.12. The normalized spacial score (nSPS) is 17.1. The van der Waals surface area contributed by atoms with Crippen LogP contribution in [-0.2, 0) is 9.63 Å². The standard InChI is InChI=1S/C12H18F3N5O3/c1-7(2)9-17-11(22-18-9)19-5-3-8(4-6-19)20(16)23-10(21)12(13,14)15/h7-8H,3-6,16H2,1-2H3. The summed E-state index contributed by atoms with van der Waals surface area (Å²) in [6.45, 7) is 4.76. The molecule has 8 nitrogen and oxygen atoms in total. The summed E-state index contributed by atoms with van der Waals surface area (Å²) in [6.07, 6.45) is -4.29. The zero-order valence-corrected chi connectivity index (χ0v) is 12.7. The monoisotopic (exact) mass is 337 g/mol. The van der Waals surface area contributed by atoms with Crippen LogP contribution in [0.25, 0.3) is 0 Å². The van der Waals surface area contributed by atoms with Crippen LogP contribution in [0.4, 0.5) is 19.2 Å². The minimum Gasteiger partial charge on any atom is -0.345 e. The average molecular weight is 337 g/mol. The van der Waals surface area contributed by atoms with Crippen LogP contribution in [0.2, 0.25) is 0 Å². The molecule has 1 saturated heterocycles. The Hall–Kier alpha value is -1.88. The molecule has 1 aromatic heterocycles. The maximum Gasteiger partial charge on any atom is 0.492 e. The summed E-state index contributed by atoms with van der Waals surface area (Å²) in [5.74, 6) is 3.78. The molecule has 0 atom stereocenters. The molecule has 1 fully saturated rings. The van der Waals surface area contributed by atoms with Crippen LogP contribution in [0.1, 0.15) is 38.4 Å². The van der Waals surface area contributed by atoms with Crippen molar-refractivity contribution in [1.82, 2.24) is 15.3 Å². The number of hydroxylamine groups is 1. The van der Waals surface area contributed by atoms with E-state index in [4.69, 9.17) is 10.4 Å². The third-order valence-corrected chi connectivity index (χ3v) is 3.46. The second-order valence-electron chi connectivity index (χ2n) is 5.54. The molecule has 1 aromatic rings. The van der Waals surface area contributed by atoms with Crippen LogP contribution in [0.5, 0.6) is 0 Å². The summed E-state index contributed by atoms with van der Waals surface area (Å²) >= 11 is 0. The van der Waals surface area contributed by atoms with E-state index >= 15 is 0 Å². The number of hydrazine groups is 1. The number of aromatic nitrogens is 2. The van der Waals surface area contributed by atoms with Gasteiger partial charge in [0.15, 0.2) is 5.82 Å². The number of piperidine rings is 1. The third kappa shape index (κ3) is 4.32. The number of nitrogens with two attached hydrogens (primary N) is 1. The first-order chi connectivity index (χ1) is 10.7. The number of alkyl halides is 3. The van der Waals surface area contributed by atoms with E-state index in [2.05, 4.69) is 15.0 Å². The predicted octanol–water partition coefficient (Wildman–Crippen LogP) is 1.36. The highest BCUT2D eigenvalue weighted by Gasteiger charge is 2.43. The van der Waals surface area contributed by atoms with Gasteiger partial charge in [0.1, 0.15) is 0 Å². The number of nitrogens with zero attached hydrogens (tertiary/aromatic N) is 4. The second kappa shape index (κ2) is 6.71. The molecule has 2 rings (SSSR count). The van der Waals surface area contributed by atoms with Crippen molar-refractivity contribution in [2.24, 2.45) is 5.84 Å². The molecular weight excluding hydrogens is 319 g/mol. The van der Waals surface area contributed by atoms with Gasteiger partial charge in [0.05, 0.1) is 6.04 Å². The lowest BCUT2D eigenvalue weighted by atomic mass is 10.1. The summed E-state index contributed by atoms with van der Waals surface area (Å²) in [6, 6.07) is -0.145. The van der Waals surface area contributed by atoms with Crippen molar-refractivity contribution in [2.45, 2.75) is 44.8 Å². The lowest BCUT2D eigenvalue weighted by Crippen LogP contribution is -2.50. The quantitative estimate of drug-likeness (QED) is 0.650. The number of halogens is 3. The maximum atomic E-state index is 12.1. The van der Waals surface area contributed by atoms with Gasteiger partial charge in [0.2, 0.25) is 0 Å². The number of rotatable bonds is 4. The van der Waals surface area contributed by atoms with Gasteiger partial charge >= 0.3 is 18.2 Å². The van der Waals surface area contributed by atoms with E-state index in [9.17, 15) is 18.0 Å². The second-order valence-corrected chi connectivity index (χ2v) is 5.54. The van der Waals surface area contributed by atoms with Crippen molar-refractivity contribution in [3.05, 3.63) is 5.82 Å². The smallest absolute Gasteiger partial charge is 0.345 e. The Morgan fingerprint density at radius 1 is 1.43 bits per heavy atom. The molecule has 0 saturated carbocycles. The molecule has 23 heavy (non-hydrogen) atoms. The van der Waals surface area contributed by atoms with E-state index in [1.54, 1.807) is 0 Å². The van der Waals surface area contributed by atoms with Crippen molar-refractivity contribution < 1.29 is 27.3 Å². The highest BCUT2D eigenvalue weighted by atomic mass is 19.4. The number of carbonyl (C=O) groups is 1. The average Bonchev–Trinajstić information content (AvgIpc) is 2.96. The number of carbonyl (C=O) groups excluding carboxylic acids is 1. The molecule has 0 radical (unpaired) electrons. The van der Waals surface area contributed by atoms with Gasteiger partial charge in [-0.25, -0.2) is 10.6 Å². The van der Waals surface area contributed by atoms with Crippen LogP contribution >= 0.6 is 0 Å². The van der Waals surface area contributed by atoms with E-state index in [0.717, 1.165) is 0 Å². The summed E-state index contributed by atoms with van der Waals surface area (Å²) in [5, 5.41) is 4.33. The van der Waals surface area contributed by atoms with Gasteiger partial charge in [-0.1, -0.05) is 24.2 Å². The first-order valence-electron chi connectivity index (χ1n) is 7.10. The summed E-state index contributed by atoms with van der Waals surface area (Å²) in [5.41, 5.74) is 0. The Kier molecular flexibility index (Phi) is 5.09. The van der Waals surface area contributed by atoms with E-state index in [-0.39, 0.29) is 5.92 Å². The van der Waals surface area contributed by atoms with Crippen molar-refractivity contribution in [3.8, 4) is 0 Å². The molecule has 130 valence electrons. The number of anilines is 1. The van der Waals surface area contributed by atoms with Crippen molar-refractivity contribution in [2.75, 3.05) is 18.0 Å². The number of hydrogen-bond donors (Lipinski definition) is 1. The van der Waals surface area contributed by atoms with Gasteiger partial charge < -0.3 is 14.3 Å². The van der Waals surface area contributed by atoms with Gasteiger partial charge in [-0.05, 0) is 12.8 Å². The predicted molar refractivity (Wildman–Crippen MR) is 71.8 cm³/mol. The fourth-order valence-electron chi connectivity index (χ4n) is 2.12. The Labute approximate surface area is 130 Å². The minimum absolute atomic E-state index is 0.131. The van der Waals surface area contributed by atoms with E-state index < -0.39 is 18.2 Å². The molecule has 0 spiro atoms. The van der Waals surface area contributed by atoms with E-state index in [1.807, 2.05) is 18.7 Å². The molecule has 1 aliphatic rings. The van der Waals surface area contributed by atoms with Gasteiger partial charge in [0, 0.05) is 19.0 Å². The molecule has 0 bridgehead atoms. The topological polar surface area (TPSA) is 97.7 Å². The molecule has 2 heterocycles. The first-order valence-corrected chi connectivity index (χ1v) is 7.10. The maximum absolute atomic E-state index is 12.1. The van der Waals surface area contributed by atoms with Crippen LogP contribution in [0, 0.1) is 0 Å². The summed E-state index contributed by atoms with van der Waals surface area (Å²) in [7, 11) is 0. The molecule has 0 aromatic carbocycles. The van der Waals surface area contributed by atoms with Gasteiger partial charge in [0.25, 0.3) is 0 Å². The van der Waals surface area contributed by atoms with Crippen molar-refractivity contribution in [1.29, 1.82) is 0 Å². The first kappa shape index (κ1) is 17.5. The van der Waals surface area contributed by atoms with Gasteiger partial charge in [-0.15, -0.1) is 0 Å². The molecule has 0 unspecified atom stereocenters. The Balaban J connectivity index is 1.86. The van der Waals surface area contributed by atoms with Gasteiger partial charge in [-0.2, -0.15) is 18.2 Å². The minimum atomic E-state index is -5.07. The molecule has 11 heteroatoms. The van der Waals surface area contributed by atoms with Crippen molar-refractivity contribution in [3.63, 3.8) is 0 Å². The van der Waals surface area contributed by atoms with E-state index in [0.29, 0.717) is 42.9 Å². The van der Waals surface area contributed by atoms with Crippen LogP contribution in [-0.4, -0.2) is 46.6 Å². The molecule has 2 N–H and O–H groups in total. The largest absolute Gasteiger partial charge is 0.492 e. The van der Waals surface area contributed by atoms with Crippen molar-refractivity contribution >= 4 is 12.0 Å². The molecule has 0 amide bonds. The summed E-state index contributed by atoms with van der Waals surface area (Å²) < 4.78 is 41.6. The molecular formula is C12H18F3N5O3. The van der Waals surface area contributed by atoms with E-state index in [1.165, 1.54) is 0 Å². The Bertz CT molecular complexity index is 540. The fraction of sp³-hybridized carbons (Fsp3) is 0.750. The highest BCUT2D eigenvalue weighted by Crippen LogP contribution is 2.23. The zero-order valence-electron chi connectivity index (χ0n) is 12.7. The van der Waals surface area contributed by atoms with Crippen LogP contribution < -0.4 is 10.7 Å². The lowest BCUT2D eigenvalue weighted by molar-refractivity contribution is -0.249. The zero-order chi connectivity index (χ0) is 17.2. The van der Waals surface area contributed by atoms with Crippen LogP contribution in [0.3, 0.4) is 0 Å². The molecule has 0 aliphatic carbocycles. The molecule has 1 aliphatic heterocycles. The SMILES string of the molecule is CC(C)c1noc(N2CCC(N(N)OC(=O)C(F)(F)F)CC2)n1.